The number of amides is 1. The highest BCUT2D eigenvalue weighted by molar-refractivity contribution is 8.00. The maximum absolute atomic E-state index is 13.5. The smallest absolute Gasteiger partial charge is 0.232 e. The number of carbonyl (C=O) groups excluding carboxylic acids is 1. The number of carbonyl (C=O) groups is 1. The Labute approximate surface area is 161 Å². The number of halogens is 1. The van der Waals surface area contributed by atoms with Gasteiger partial charge in [0, 0.05) is 12.4 Å². The number of nitrogens with zero attached hydrogens (tertiary/aromatic N) is 3. The second kappa shape index (κ2) is 8.81. The van der Waals surface area contributed by atoms with Crippen LogP contribution >= 0.6 is 11.8 Å². The van der Waals surface area contributed by atoms with Gasteiger partial charge in [-0.1, -0.05) is 42.1 Å². The van der Waals surface area contributed by atoms with Crippen LogP contribution in [-0.2, 0) is 4.79 Å². The second-order valence-electron chi connectivity index (χ2n) is 5.98. The van der Waals surface area contributed by atoms with Gasteiger partial charge in [-0.2, -0.15) is 0 Å². The standard InChI is InChI=1S/C20H20FN3O2S/c1-14-22-17-9-5-3-7-15(17)20(23-14)27-13-19(25)24(2)11-12-26-18-10-6-4-8-16(18)21/h3-10H,11-13H2,1-2H3. The van der Waals surface area contributed by atoms with E-state index in [4.69, 9.17) is 4.74 Å². The van der Waals surface area contributed by atoms with Gasteiger partial charge < -0.3 is 9.64 Å². The zero-order valence-corrected chi connectivity index (χ0v) is 16.0. The first kappa shape index (κ1) is 19.1. The molecule has 0 atom stereocenters. The SMILES string of the molecule is Cc1nc(SCC(=O)N(C)CCOc2ccccc2F)c2ccccc2n1. The Balaban J connectivity index is 1.54. The number of ether oxygens (including phenoxy) is 1. The number of para-hydroxylation sites is 2. The second-order valence-corrected chi connectivity index (χ2v) is 6.94. The highest BCUT2D eigenvalue weighted by atomic mass is 32.2. The van der Waals surface area contributed by atoms with Crippen molar-refractivity contribution in [3.05, 3.63) is 60.2 Å². The lowest BCUT2D eigenvalue weighted by molar-refractivity contribution is -0.127. The minimum Gasteiger partial charge on any atom is -0.489 e. The molecule has 27 heavy (non-hydrogen) atoms. The Kier molecular flexibility index (Phi) is 6.24. The quantitative estimate of drug-likeness (QED) is 0.458. The number of thioether (sulfide) groups is 1. The van der Waals surface area contributed by atoms with E-state index >= 15 is 0 Å². The summed E-state index contributed by atoms with van der Waals surface area (Å²) in [5.74, 6) is 0.674. The summed E-state index contributed by atoms with van der Waals surface area (Å²) in [5.41, 5.74) is 0.867. The highest BCUT2D eigenvalue weighted by Crippen LogP contribution is 2.25. The normalized spacial score (nSPS) is 10.8. The summed E-state index contributed by atoms with van der Waals surface area (Å²) in [6.45, 7) is 2.44. The van der Waals surface area contributed by atoms with Crippen molar-refractivity contribution in [2.24, 2.45) is 0 Å². The number of benzene rings is 2. The van der Waals surface area contributed by atoms with E-state index in [1.165, 1.54) is 17.8 Å². The van der Waals surface area contributed by atoms with Crippen molar-refractivity contribution in [2.45, 2.75) is 11.9 Å². The Morgan fingerprint density at radius 3 is 2.70 bits per heavy atom. The fourth-order valence-corrected chi connectivity index (χ4v) is 3.49. The molecule has 7 heteroatoms. The summed E-state index contributed by atoms with van der Waals surface area (Å²) < 4.78 is 18.9. The topological polar surface area (TPSA) is 55.3 Å². The summed E-state index contributed by atoms with van der Waals surface area (Å²) >= 11 is 1.39. The van der Waals surface area contributed by atoms with Crippen LogP contribution in [0.1, 0.15) is 5.82 Å². The van der Waals surface area contributed by atoms with Crippen LogP contribution in [0.15, 0.2) is 53.6 Å². The molecule has 2 aromatic carbocycles. The largest absolute Gasteiger partial charge is 0.489 e. The fourth-order valence-electron chi connectivity index (χ4n) is 2.49. The summed E-state index contributed by atoms with van der Waals surface area (Å²) in [7, 11) is 1.71. The third kappa shape index (κ3) is 4.95. The van der Waals surface area contributed by atoms with Gasteiger partial charge in [0.05, 0.1) is 17.8 Å². The average Bonchev–Trinajstić information content (AvgIpc) is 2.67. The minimum absolute atomic E-state index is 0.0440. The van der Waals surface area contributed by atoms with Gasteiger partial charge in [-0.25, -0.2) is 14.4 Å². The van der Waals surface area contributed by atoms with Crippen LogP contribution in [-0.4, -0.2) is 46.7 Å². The number of aryl methyl sites for hydroxylation is 1. The molecule has 140 valence electrons. The molecule has 0 unspecified atom stereocenters. The molecule has 0 N–H and O–H groups in total. The van der Waals surface area contributed by atoms with E-state index in [2.05, 4.69) is 9.97 Å². The van der Waals surface area contributed by atoms with Gasteiger partial charge in [0.1, 0.15) is 17.5 Å². The van der Waals surface area contributed by atoms with Crippen molar-refractivity contribution in [2.75, 3.05) is 26.0 Å². The molecule has 5 nitrogen and oxygen atoms in total. The lowest BCUT2D eigenvalue weighted by Gasteiger charge is -2.17. The molecule has 0 fully saturated rings. The molecule has 0 aliphatic rings. The summed E-state index contributed by atoms with van der Waals surface area (Å²) in [6.07, 6.45) is 0. The molecule has 0 radical (unpaired) electrons. The number of fused-ring (bicyclic) bond motifs is 1. The van der Waals surface area contributed by atoms with Crippen LogP contribution in [0, 0.1) is 12.7 Å². The van der Waals surface area contributed by atoms with E-state index in [9.17, 15) is 9.18 Å². The summed E-state index contributed by atoms with van der Waals surface area (Å²) in [5, 5.41) is 1.73. The monoisotopic (exact) mass is 385 g/mol. The zero-order chi connectivity index (χ0) is 19.2. The van der Waals surface area contributed by atoms with E-state index in [1.54, 1.807) is 30.1 Å². The Morgan fingerprint density at radius 2 is 1.89 bits per heavy atom. The van der Waals surface area contributed by atoms with Crippen LogP contribution < -0.4 is 4.74 Å². The van der Waals surface area contributed by atoms with Crippen LogP contribution in [0.4, 0.5) is 4.39 Å². The zero-order valence-electron chi connectivity index (χ0n) is 15.2. The first-order valence-electron chi connectivity index (χ1n) is 8.52. The van der Waals surface area contributed by atoms with E-state index in [-0.39, 0.29) is 24.0 Å². The van der Waals surface area contributed by atoms with Crippen LogP contribution in [0.3, 0.4) is 0 Å². The molecule has 0 saturated carbocycles. The van der Waals surface area contributed by atoms with Crippen molar-refractivity contribution in [1.82, 2.24) is 14.9 Å². The van der Waals surface area contributed by atoms with E-state index in [0.717, 1.165) is 15.9 Å². The molecule has 0 aliphatic carbocycles. The lowest BCUT2D eigenvalue weighted by Crippen LogP contribution is -2.32. The molecule has 1 heterocycles. The predicted octanol–water partition coefficient (Wildman–Crippen LogP) is 3.71. The van der Waals surface area contributed by atoms with Crippen molar-refractivity contribution in [3.8, 4) is 5.75 Å². The van der Waals surface area contributed by atoms with Gasteiger partial charge >= 0.3 is 0 Å². The van der Waals surface area contributed by atoms with Gasteiger partial charge in [-0.05, 0) is 25.1 Å². The van der Waals surface area contributed by atoms with Gasteiger partial charge in [-0.3, -0.25) is 4.79 Å². The van der Waals surface area contributed by atoms with Crippen molar-refractivity contribution in [1.29, 1.82) is 0 Å². The molecule has 1 aromatic heterocycles. The first-order chi connectivity index (χ1) is 13.0. The third-order valence-electron chi connectivity index (χ3n) is 3.96. The molecule has 0 spiro atoms. The Bertz CT molecular complexity index is 951. The van der Waals surface area contributed by atoms with Gasteiger partial charge in [-0.15, -0.1) is 0 Å². The number of hydrogen-bond donors (Lipinski definition) is 0. The van der Waals surface area contributed by atoms with Gasteiger partial charge in [0.2, 0.25) is 5.91 Å². The third-order valence-corrected chi connectivity index (χ3v) is 4.94. The number of rotatable bonds is 7. The van der Waals surface area contributed by atoms with Gasteiger partial charge in [0.15, 0.2) is 11.6 Å². The molecule has 0 aliphatic heterocycles. The number of aromatic nitrogens is 2. The van der Waals surface area contributed by atoms with E-state index in [0.29, 0.717) is 12.4 Å². The number of hydrogen-bond acceptors (Lipinski definition) is 5. The van der Waals surface area contributed by atoms with E-state index in [1.807, 2.05) is 31.2 Å². The molecule has 0 bridgehead atoms. The number of likely N-dealkylation sites (N-methyl/N-ethyl adjacent to an activating group) is 1. The molecule has 1 amide bonds. The average molecular weight is 385 g/mol. The Hall–Kier alpha value is -2.67. The maximum atomic E-state index is 13.5. The first-order valence-corrected chi connectivity index (χ1v) is 9.50. The van der Waals surface area contributed by atoms with E-state index < -0.39 is 5.82 Å². The van der Waals surface area contributed by atoms with Crippen molar-refractivity contribution >= 4 is 28.6 Å². The lowest BCUT2D eigenvalue weighted by atomic mass is 10.2. The molecular formula is C20H20FN3O2S. The highest BCUT2D eigenvalue weighted by Gasteiger charge is 2.13. The Morgan fingerprint density at radius 1 is 1.15 bits per heavy atom. The van der Waals surface area contributed by atoms with Crippen molar-refractivity contribution in [3.63, 3.8) is 0 Å². The van der Waals surface area contributed by atoms with Gasteiger partial charge in [0.25, 0.3) is 0 Å². The molecular weight excluding hydrogens is 365 g/mol. The van der Waals surface area contributed by atoms with Crippen LogP contribution in [0.5, 0.6) is 5.75 Å². The predicted molar refractivity (Wildman–Crippen MR) is 105 cm³/mol. The summed E-state index contributed by atoms with van der Waals surface area (Å²) in [4.78, 5) is 22.8. The minimum atomic E-state index is -0.409. The maximum Gasteiger partial charge on any atom is 0.232 e. The summed E-state index contributed by atoms with van der Waals surface area (Å²) in [6, 6.07) is 14.0. The van der Waals surface area contributed by atoms with Crippen molar-refractivity contribution < 1.29 is 13.9 Å². The molecule has 0 saturated heterocycles. The molecule has 3 rings (SSSR count). The van der Waals surface area contributed by atoms with Crippen LogP contribution in [0.25, 0.3) is 10.9 Å². The van der Waals surface area contributed by atoms with Crippen LogP contribution in [0.2, 0.25) is 0 Å². The molecule has 3 aromatic rings. The fraction of sp³-hybridized carbons (Fsp3) is 0.250.